The van der Waals surface area contributed by atoms with E-state index in [1.54, 1.807) is 0 Å². The molecule has 0 aliphatic carbocycles. The van der Waals surface area contributed by atoms with E-state index in [9.17, 15) is 9.90 Å². The fourth-order valence-electron chi connectivity index (χ4n) is 2.52. The SMILES string of the molecule is CN1CCN(C(=O)CN2CCCC(O)C2)CC1. The number of hydrogen-bond donors (Lipinski definition) is 1. The van der Waals surface area contributed by atoms with Crippen LogP contribution < -0.4 is 0 Å². The van der Waals surface area contributed by atoms with Crippen molar-refractivity contribution >= 4 is 5.91 Å². The predicted molar refractivity (Wildman–Crippen MR) is 65.8 cm³/mol. The number of likely N-dealkylation sites (tertiary alicyclic amines) is 1. The van der Waals surface area contributed by atoms with Gasteiger partial charge in [-0.3, -0.25) is 9.69 Å². The maximum absolute atomic E-state index is 12.1. The Hall–Kier alpha value is -0.650. The molecule has 2 aliphatic heterocycles. The van der Waals surface area contributed by atoms with E-state index in [-0.39, 0.29) is 12.0 Å². The molecule has 0 radical (unpaired) electrons. The quantitative estimate of drug-likeness (QED) is 0.689. The normalized spacial score (nSPS) is 28.4. The molecule has 2 heterocycles. The van der Waals surface area contributed by atoms with Crippen LogP contribution in [0.15, 0.2) is 0 Å². The molecular weight excluding hydrogens is 218 g/mol. The van der Waals surface area contributed by atoms with E-state index in [1.165, 1.54) is 0 Å². The highest BCUT2D eigenvalue weighted by atomic mass is 16.3. The first-order valence-corrected chi connectivity index (χ1v) is 6.52. The molecule has 0 bridgehead atoms. The lowest BCUT2D eigenvalue weighted by Gasteiger charge is -2.35. The van der Waals surface area contributed by atoms with Crippen LogP contribution in [0.5, 0.6) is 0 Å². The zero-order valence-corrected chi connectivity index (χ0v) is 10.6. The molecule has 0 saturated carbocycles. The number of aliphatic hydroxyl groups is 1. The standard InChI is InChI=1S/C12H23N3O2/c1-13-5-7-15(8-6-13)12(17)10-14-4-2-3-11(16)9-14/h11,16H,2-10H2,1H3. The molecule has 0 aromatic carbocycles. The minimum Gasteiger partial charge on any atom is -0.392 e. The lowest BCUT2D eigenvalue weighted by molar-refractivity contribution is -0.134. The second-order valence-electron chi connectivity index (χ2n) is 5.22. The third-order valence-electron chi connectivity index (χ3n) is 3.70. The Bertz CT molecular complexity index is 264. The summed E-state index contributed by atoms with van der Waals surface area (Å²) in [6.07, 6.45) is 1.63. The molecule has 5 nitrogen and oxygen atoms in total. The first-order chi connectivity index (χ1) is 8.15. The summed E-state index contributed by atoms with van der Waals surface area (Å²) >= 11 is 0. The lowest BCUT2D eigenvalue weighted by Crippen LogP contribution is -2.51. The number of hydrogen-bond acceptors (Lipinski definition) is 4. The van der Waals surface area contributed by atoms with Crippen LogP contribution in [0.25, 0.3) is 0 Å². The maximum atomic E-state index is 12.1. The van der Waals surface area contributed by atoms with Crippen LogP contribution in [-0.2, 0) is 4.79 Å². The predicted octanol–water partition coefficient (Wildman–Crippen LogP) is -0.783. The number of aliphatic hydroxyl groups excluding tert-OH is 1. The van der Waals surface area contributed by atoms with Crippen LogP contribution in [0, 0.1) is 0 Å². The number of amides is 1. The molecular formula is C12H23N3O2. The molecule has 17 heavy (non-hydrogen) atoms. The topological polar surface area (TPSA) is 47.0 Å². The fourth-order valence-corrected chi connectivity index (χ4v) is 2.52. The van der Waals surface area contributed by atoms with Gasteiger partial charge in [0.1, 0.15) is 0 Å². The number of piperazine rings is 1. The Kier molecular flexibility index (Phi) is 4.36. The zero-order chi connectivity index (χ0) is 12.3. The third kappa shape index (κ3) is 3.66. The Labute approximate surface area is 103 Å². The minimum absolute atomic E-state index is 0.215. The molecule has 0 aromatic heterocycles. The Balaban J connectivity index is 1.76. The molecule has 1 N–H and O–H groups in total. The van der Waals surface area contributed by atoms with Crippen LogP contribution in [-0.4, -0.2) is 84.7 Å². The maximum Gasteiger partial charge on any atom is 0.236 e. The molecule has 98 valence electrons. The number of likely N-dealkylation sites (N-methyl/N-ethyl adjacent to an activating group) is 1. The van der Waals surface area contributed by atoms with E-state index in [2.05, 4.69) is 16.8 Å². The van der Waals surface area contributed by atoms with Gasteiger partial charge < -0.3 is 14.9 Å². The molecule has 2 fully saturated rings. The molecule has 2 saturated heterocycles. The van der Waals surface area contributed by atoms with Crippen molar-refractivity contribution in [2.24, 2.45) is 0 Å². The van der Waals surface area contributed by atoms with Gasteiger partial charge in [0.15, 0.2) is 0 Å². The summed E-state index contributed by atoms with van der Waals surface area (Å²) in [4.78, 5) is 18.3. The summed E-state index contributed by atoms with van der Waals surface area (Å²) in [6.45, 7) is 5.68. The smallest absolute Gasteiger partial charge is 0.236 e. The molecule has 0 spiro atoms. The van der Waals surface area contributed by atoms with Gasteiger partial charge >= 0.3 is 0 Å². The molecule has 1 unspecified atom stereocenters. The average Bonchev–Trinajstić information content (AvgIpc) is 2.29. The van der Waals surface area contributed by atoms with Crippen molar-refractivity contribution in [3.05, 3.63) is 0 Å². The number of carbonyl (C=O) groups excluding carboxylic acids is 1. The van der Waals surface area contributed by atoms with E-state index in [0.29, 0.717) is 13.1 Å². The number of carbonyl (C=O) groups is 1. The number of nitrogens with zero attached hydrogens (tertiary/aromatic N) is 3. The molecule has 2 rings (SSSR count). The van der Waals surface area contributed by atoms with Crippen molar-refractivity contribution in [2.45, 2.75) is 18.9 Å². The summed E-state index contributed by atoms with van der Waals surface area (Å²) in [5, 5.41) is 9.56. The number of β-amino-alcohol motifs (C(OH)–C–C–N with tert-alkyl or cyclic N) is 1. The monoisotopic (exact) mass is 241 g/mol. The summed E-state index contributed by atoms with van der Waals surface area (Å²) in [6, 6.07) is 0. The van der Waals surface area contributed by atoms with Gasteiger partial charge in [0.05, 0.1) is 12.6 Å². The fraction of sp³-hybridized carbons (Fsp3) is 0.917. The largest absolute Gasteiger partial charge is 0.392 e. The lowest BCUT2D eigenvalue weighted by atomic mass is 10.1. The van der Waals surface area contributed by atoms with E-state index in [0.717, 1.165) is 45.6 Å². The van der Waals surface area contributed by atoms with Crippen molar-refractivity contribution in [1.29, 1.82) is 0 Å². The highest BCUT2D eigenvalue weighted by Crippen LogP contribution is 2.10. The van der Waals surface area contributed by atoms with Gasteiger partial charge in [-0.1, -0.05) is 0 Å². The summed E-state index contributed by atoms with van der Waals surface area (Å²) < 4.78 is 0. The van der Waals surface area contributed by atoms with Crippen LogP contribution in [0.4, 0.5) is 0 Å². The van der Waals surface area contributed by atoms with Crippen LogP contribution in [0.2, 0.25) is 0 Å². The van der Waals surface area contributed by atoms with Gasteiger partial charge in [-0.05, 0) is 26.4 Å². The minimum atomic E-state index is -0.246. The Morgan fingerprint density at radius 2 is 1.94 bits per heavy atom. The molecule has 1 atom stereocenters. The summed E-state index contributed by atoms with van der Waals surface area (Å²) in [5.74, 6) is 0.215. The molecule has 1 amide bonds. The first kappa shape index (κ1) is 12.8. The van der Waals surface area contributed by atoms with Crippen molar-refractivity contribution in [1.82, 2.24) is 14.7 Å². The van der Waals surface area contributed by atoms with E-state index in [4.69, 9.17) is 0 Å². The number of rotatable bonds is 2. The van der Waals surface area contributed by atoms with Gasteiger partial charge in [-0.25, -0.2) is 0 Å². The highest BCUT2D eigenvalue weighted by molar-refractivity contribution is 5.78. The second kappa shape index (κ2) is 5.80. The van der Waals surface area contributed by atoms with E-state index >= 15 is 0 Å². The van der Waals surface area contributed by atoms with Crippen LogP contribution >= 0.6 is 0 Å². The van der Waals surface area contributed by atoms with Crippen molar-refractivity contribution in [3.63, 3.8) is 0 Å². The molecule has 2 aliphatic rings. The first-order valence-electron chi connectivity index (χ1n) is 6.52. The number of piperidine rings is 1. The summed E-state index contributed by atoms with van der Waals surface area (Å²) in [5.41, 5.74) is 0. The zero-order valence-electron chi connectivity index (χ0n) is 10.6. The van der Waals surface area contributed by atoms with Crippen LogP contribution in [0.1, 0.15) is 12.8 Å². The summed E-state index contributed by atoms with van der Waals surface area (Å²) in [7, 11) is 2.09. The van der Waals surface area contributed by atoms with E-state index < -0.39 is 0 Å². The van der Waals surface area contributed by atoms with Crippen molar-refractivity contribution in [2.75, 3.05) is 52.9 Å². The average molecular weight is 241 g/mol. The Morgan fingerprint density at radius 1 is 1.24 bits per heavy atom. The van der Waals surface area contributed by atoms with Crippen LogP contribution in [0.3, 0.4) is 0 Å². The van der Waals surface area contributed by atoms with Gasteiger partial charge in [-0.15, -0.1) is 0 Å². The van der Waals surface area contributed by atoms with Gasteiger partial charge in [0, 0.05) is 32.7 Å². The van der Waals surface area contributed by atoms with E-state index in [1.807, 2.05) is 4.90 Å². The molecule has 5 heteroatoms. The van der Waals surface area contributed by atoms with Gasteiger partial charge in [0.25, 0.3) is 0 Å². The third-order valence-corrected chi connectivity index (χ3v) is 3.70. The second-order valence-corrected chi connectivity index (χ2v) is 5.22. The van der Waals surface area contributed by atoms with Gasteiger partial charge in [-0.2, -0.15) is 0 Å². The van der Waals surface area contributed by atoms with Crippen molar-refractivity contribution < 1.29 is 9.90 Å². The van der Waals surface area contributed by atoms with Gasteiger partial charge in [0.2, 0.25) is 5.91 Å². The van der Waals surface area contributed by atoms with Crippen molar-refractivity contribution in [3.8, 4) is 0 Å². The molecule has 0 aromatic rings. The highest BCUT2D eigenvalue weighted by Gasteiger charge is 2.24. The Morgan fingerprint density at radius 3 is 2.59 bits per heavy atom.